The predicted octanol–water partition coefficient (Wildman–Crippen LogP) is 4.29. The topological polar surface area (TPSA) is 112 Å². The second-order valence-electron chi connectivity index (χ2n) is 11.2. The van der Waals surface area contributed by atoms with Gasteiger partial charge in [-0.15, -0.1) is 6.54 Å². The third-order valence-electron chi connectivity index (χ3n) is 7.26. The van der Waals surface area contributed by atoms with Crippen molar-refractivity contribution in [3.63, 3.8) is 0 Å². The molecule has 11 heteroatoms. The molecule has 2 heterocycles. The maximum atomic E-state index is 13.9. The minimum atomic E-state index is -2.72. The van der Waals surface area contributed by atoms with Crippen LogP contribution in [0.2, 0.25) is 0 Å². The van der Waals surface area contributed by atoms with Gasteiger partial charge in [0.15, 0.2) is 6.04 Å². The number of carbonyl (C=O) groups is 2. The van der Waals surface area contributed by atoms with E-state index in [0.29, 0.717) is 17.1 Å². The number of aliphatic hydroxyl groups excluding tert-OH is 1. The molecule has 0 radical (unpaired) electrons. The van der Waals surface area contributed by atoms with Crippen molar-refractivity contribution < 1.29 is 23.5 Å². The molecule has 38 heavy (non-hydrogen) atoms. The molecule has 3 N–H and O–H groups in total. The van der Waals surface area contributed by atoms with Gasteiger partial charge in [0.2, 0.25) is 17.7 Å². The molecule has 1 aliphatic carbocycles. The summed E-state index contributed by atoms with van der Waals surface area (Å²) in [7, 11) is 0. The Labute approximate surface area is 216 Å². The molecule has 1 aromatic heterocycles. The number of hydrogen-bond donors (Lipinski definition) is 3. The van der Waals surface area contributed by atoms with E-state index in [-0.39, 0.29) is 44.1 Å². The first kappa shape index (κ1) is 28.7. The van der Waals surface area contributed by atoms with Gasteiger partial charge in [-0.3, -0.25) is 14.5 Å². The maximum Gasteiger partial charge on any atom is 0.249 e. The summed E-state index contributed by atoms with van der Waals surface area (Å²) in [5.74, 6) is -3.63. The van der Waals surface area contributed by atoms with Crippen LogP contribution in [-0.4, -0.2) is 57.5 Å². The van der Waals surface area contributed by atoms with Crippen LogP contribution in [0.4, 0.5) is 14.5 Å². The van der Waals surface area contributed by atoms with Gasteiger partial charge >= 0.3 is 0 Å². The summed E-state index contributed by atoms with van der Waals surface area (Å²) in [6.45, 7) is 8.17. The maximum absolute atomic E-state index is 13.9. The van der Waals surface area contributed by atoms with Crippen LogP contribution in [0.1, 0.15) is 75.9 Å². The van der Waals surface area contributed by atoms with Gasteiger partial charge in [0.1, 0.15) is 0 Å². The van der Waals surface area contributed by atoms with Crippen LogP contribution < -0.4 is 10.2 Å². The molecule has 0 bridgehead atoms. The molecule has 0 spiro atoms. The Morgan fingerprint density at radius 1 is 1.21 bits per heavy atom. The van der Waals surface area contributed by atoms with Crippen LogP contribution in [0.3, 0.4) is 0 Å². The fourth-order valence-electron chi connectivity index (χ4n) is 4.99. The number of imidazole rings is 1. The Kier molecular flexibility index (Phi) is 8.21. The molecule has 2 aliphatic rings. The van der Waals surface area contributed by atoms with E-state index in [4.69, 9.17) is 0 Å². The van der Waals surface area contributed by atoms with E-state index in [1.807, 2.05) is 12.1 Å². The Balaban J connectivity index is 0.00000400. The molecule has 2 aromatic rings. The number of H-pyrrole nitrogens is 1. The zero-order valence-electron chi connectivity index (χ0n) is 22.2. The minimum absolute atomic E-state index is 0. The van der Waals surface area contributed by atoms with Crippen molar-refractivity contribution in [2.45, 2.75) is 95.4 Å². The average molecular weight is 764 g/mol. The van der Waals surface area contributed by atoms with Crippen molar-refractivity contribution >= 4 is 17.5 Å². The first-order valence-electron chi connectivity index (χ1n) is 12.8. The van der Waals surface area contributed by atoms with E-state index < -0.39 is 42.0 Å². The number of alkyl halides is 2. The van der Waals surface area contributed by atoms with Gasteiger partial charge < -0.3 is 20.7 Å². The van der Waals surface area contributed by atoms with Crippen LogP contribution in [0.15, 0.2) is 30.6 Å². The Morgan fingerprint density at radius 3 is 2.34 bits per heavy atom. The summed E-state index contributed by atoms with van der Waals surface area (Å²) < 4.78 is 27.4. The first-order valence-corrected chi connectivity index (χ1v) is 12.8. The zero-order valence-corrected chi connectivity index (χ0v) is 25.1. The Bertz CT molecular complexity index is 1110. The van der Waals surface area contributed by atoms with Gasteiger partial charge in [0, 0.05) is 36.4 Å². The number of aliphatic hydroxyl groups is 1. The van der Waals surface area contributed by atoms with Crippen molar-refractivity contribution in [2.24, 2.45) is 0 Å². The Hall–Kier alpha value is -3.85. The molecule has 2 fully saturated rings. The van der Waals surface area contributed by atoms with Crippen molar-refractivity contribution in [3.05, 3.63) is 52.9 Å². The number of benzene rings is 1. The molecule has 2 amide bonds. The van der Waals surface area contributed by atoms with E-state index in [9.17, 15) is 23.5 Å². The molecule has 1 aliphatic heterocycles. The minimum Gasteiger partial charge on any atom is -0.650 e. The molecule has 210 valence electrons. The number of hydrogen-bond acceptors (Lipinski definition) is 4. The fourth-order valence-corrected chi connectivity index (χ4v) is 4.99. The zero-order chi connectivity index (χ0) is 27.0. The van der Waals surface area contributed by atoms with Crippen molar-refractivity contribution in [2.75, 3.05) is 11.4 Å². The fraction of sp³-hybridized carbons (Fsp3) is 0.593. The number of rotatable bonds is 6. The summed E-state index contributed by atoms with van der Waals surface area (Å²) in [5.41, 5.74) is 2.42. The van der Waals surface area contributed by atoms with Gasteiger partial charge in [-0.05, 0) is 49.3 Å². The second kappa shape index (κ2) is 10.9. The van der Waals surface area contributed by atoms with Crippen LogP contribution in [0, 0.1) is 6.92 Å². The number of halogens is 2. The van der Waals surface area contributed by atoms with Crippen molar-refractivity contribution in [1.82, 2.24) is 15.3 Å². The molecular weight excluding hydrogens is 727 g/mol. The van der Waals surface area contributed by atoms with E-state index in [1.54, 1.807) is 19.1 Å². The van der Waals surface area contributed by atoms with E-state index in [0.717, 1.165) is 5.56 Å². The number of aryl methyl sites for hydroxylation is 1. The quantitative estimate of drug-likeness (QED) is 0.408. The van der Waals surface area contributed by atoms with E-state index >= 15 is 0 Å². The summed E-state index contributed by atoms with van der Waals surface area (Å²) in [6, 6.07) is 5.07. The van der Waals surface area contributed by atoms with Gasteiger partial charge in [-0.2, -0.15) is 0 Å². The monoisotopic (exact) mass is 759 g/mol. The number of anilines is 1. The summed E-state index contributed by atoms with van der Waals surface area (Å²) in [6.07, 6.45) is 0.636. The molecule has 3 unspecified atom stereocenters. The molecule has 1 saturated carbocycles. The van der Waals surface area contributed by atoms with Crippen molar-refractivity contribution in [1.29, 1.82) is 0 Å². The Morgan fingerprint density at radius 2 is 1.84 bits per heavy atom. The van der Waals surface area contributed by atoms with Crippen LogP contribution in [0.5, 0.6) is 0 Å². The SMILES string of the molecule is Cc1[nH]cnc1C(C(=O)NC1CCC(F)(F)CC1)N(C(=O)C1CC(O)C[N-]1)c1ccc(C(C)(C)C)cc1.[Cm]. The smallest absolute Gasteiger partial charge is 0.249 e. The standard InChI is InChI=1S/C27H36F2N5O3.Cm/c1-16-22(32-15-31-16)23(24(36)33-18-9-11-27(28,29)12-10-18)34(25(37)21-13-20(35)14-30-21)19-7-5-17(6-8-19)26(2,3)4;/h5-8,15,18,20-21,23,35H,9-14H2,1-4H3,(H,31,32)(H,33,36);/q-1;. The van der Waals surface area contributed by atoms with Gasteiger partial charge in [-0.1, -0.05) is 38.9 Å². The summed E-state index contributed by atoms with van der Waals surface area (Å²) in [4.78, 5) is 36.5. The number of aromatic amines is 1. The van der Waals surface area contributed by atoms with Gasteiger partial charge in [0.05, 0.1) is 12.0 Å². The molecular formula is C27H36CmF2N5O3-. The average Bonchev–Trinajstić information content (AvgIpc) is 3.46. The molecule has 1 aromatic carbocycles. The van der Waals surface area contributed by atoms with Gasteiger partial charge in [0.25, 0.3) is 0 Å². The summed E-state index contributed by atoms with van der Waals surface area (Å²) in [5, 5.41) is 17.3. The van der Waals surface area contributed by atoms with Crippen LogP contribution in [0.25, 0.3) is 5.32 Å². The number of aromatic nitrogens is 2. The predicted molar refractivity (Wildman–Crippen MR) is 137 cm³/mol. The number of nitrogens with zero attached hydrogens (tertiary/aromatic N) is 3. The molecule has 1 saturated heterocycles. The van der Waals surface area contributed by atoms with Crippen LogP contribution in [-0.2, 0) is 15.0 Å². The normalized spacial score (nSPS) is 22.4. The number of nitrogens with one attached hydrogen (secondary N) is 2. The van der Waals surface area contributed by atoms with Crippen molar-refractivity contribution in [3.8, 4) is 0 Å². The first-order chi connectivity index (χ1) is 17.4. The second-order valence-corrected chi connectivity index (χ2v) is 11.2. The number of carbonyl (C=O) groups excluding carboxylic acids is 2. The van der Waals surface area contributed by atoms with Gasteiger partial charge in [-0.25, -0.2) is 13.8 Å². The third-order valence-corrected chi connectivity index (χ3v) is 7.26. The summed E-state index contributed by atoms with van der Waals surface area (Å²) >= 11 is 0. The van der Waals surface area contributed by atoms with Crippen LogP contribution >= 0.6 is 0 Å². The van der Waals surface area contributed by atoms with E-state index in [1.165, 1.54) is 11.2 Å². The molecule has 8 nitrogen and oxygen atoms in total. The number of amides is 2. The third kappa shape index (κ3) is 6.16. The van der Waals surface area contributed by atoms with E-state index in [2.05, 4.69) is 41.4 Å². The molecule has 3 atom stereocenters. The molecule has 4 rings (SSSR count). The largest absolute Gasteiger partial charge is 0.650 e.